The Hall–Kier alpha value is -0.120. The summed E-state index contributed by atoms with van der Waals surface area (Å²) in [6.07, 6.45) is 1.60. The SMILES string of the molecule is CCC(C)(N)COCCCO. The smallest absolute Gasteiger partial charge is 0.0643 e. The minimum absolute atomic E-state index is 0.188. The maximum atomic E-state index is 8.44. The predicted octanol–water partition coefficient (Wildman–Crippen LogP) is 0.513. The summed E-state index contributed by atoms with van der Waals surface area (Å²) in [5.74, 6) is 0. The number of hydrogen-bond donors (Lipinski definition) is 2. The van der Waals surface area contributed by atoms with Gasteiger partial charge >= 0.3 is 0 Å². The van der Waals surface area contributed by atoms with Gasteiger partial charge in [0, 0.05) is 18.8 Å². The molecule has 1 atom stereocenters. The molecule has 0 aromatic rings. The van der Waals surface area contributed by atoms with Gasteiger partial charge in [-0.25, -0.2) is 0 Å². The zero-order valence-corrected chi connectivity index (χ0v) is 7.47. The van der Waals surface area contributed by atoms with E-state index >= 15 is 0 Å². The Labute approximate surface area is 68.5 Å². The molecule has 0 aliphatic carbocycles. The van der Waals surface area contributed by atoms with Crippen LogP contribution in [0.15, 0.2) is 0 Å². The Balaban J connectivity index is 3.23. The molecule has 3 N–H and O–H groups in total. The second-order valence-electron chi connectivity index (χ2n) is 3.14. The summed E-state index contributed by atoms with van der Waals surface area (Å²) in [6.45, 7) is 5.36. The molecule has 0 rings (SSSR count). The van der Waals surface area contributed by atoms with Gasteiger partial charge in [-0.1, -0.05) is 6.92 Å². The van der Waals surface area contributed by atoms with Crippen LogP contribution in [0.5, 0.6) is 0 Å². The van der Waals surface area contributed by atoms with E-state index in [2.05, 4.69) is 0 Å². The summed E-state index contributed by atoms with van der Waals surface area (Å²) in [4.78, 5) is 0. The van der Waals surface area contributed by atoms with E-state index in [0.29, 0.717) is 19.6 Å². The fourth-order valence-corrected chi connectivity index (χ4v) is 0.574. The number of aliphatic hydroxyl groups excluding tert-OH is 1. The molecular formula is C8H19NO2. The zero-order chi connectivity index (χ0) is 8.74. The van der Waals surface area contributed by atoms with E-state index < -0.39 is 0 Å². The number of rotatable bonds is 6. The highest BCUT2D eigenvalue weighted by Gasteiger charge is 2.14. The van der Waals surface area contributed by atoms with Crippen LogP contribution in [0, 0.1) is 0 Å². The molecule has 0 bridgehead atoms. The Morgan fingerprint density at radius 1 is 1.55 bits per heavy atom. The van der Waals surface area contributed by atoms with Gasteiger partial charge in [0.2, 0.25) is 0 Å². The van der Waals surface area contributed by atoms with E-state index in [0.717, 1.165) is 6.42 Å². The minimum Gasteiger partial charge on any atom is -0.396 e. The third kappa shape index (κ3) is 6.28. The molecule has 11 heavy (non-hydrogen) atoms. The van der Waals surface area contributed by atoms with Crippen molar-refractivity contribution < 1.29 is 9.84 Å². The minimum atomic E-state index is -0.213. The standard InChI is InChI=1S/C8H19NO2/c1-3-8(2,9)7-11-6-4-5-10/h10H,3-7,9H2,1-2H3. The molecule has 3 nitrogen and oxygen atoms in total. The van der Waals surface area contributed by atoms with E-state index in [1.165, 1.54) is 0 Å². The largest absolute Gasteiger partial charge is 0.396 e. The van der Waals surface area contributed by atoms with E-state index in [4.69, 9.17) is 15.6 Å². The Kier molecular flexibility index (Phi) is 5.46. The fourth-order valence-electron chi connectivity index (χ4n) is 0.574. The van der Waals surface area contributed by atoms with Crippen LogP contribution in [0.1, 0.15) is 26.7 Å². The first-order valence-electron chi connectivity index (χ1n) is 4.10. The molecule has 0 saturated heterocycles. The molecule has 0 saturated carbocycles. The van der Waals surface area contributed by atoms with Gasteiger partial charge in [-0.15, -0.1) is 0 Å². The van der Waals surface area contributed by atoms with Crippen molar-refractivity contribution in [3.63, 3.8) is 0 Å². The van der Waals surface area contributed by atoms with Crippen LogP contribution in [0.4, 0.5) is 0 Å². The van der Waals surface area contributed by atoms with Crippen LogP contribution < -0.4 is 5.73 Å². The van der Waals surface area contributed by atoms with Gasteiger partial charge in [0.05, 0.1) is 6.61 Å². The van der Waals surface area contributed by atoms with Gasteiger partial charge in [-0.05, 0) is 19.8 Å². The average molecular weight is 161 g/mol. The van der Waals surface area contributed by atoms with Crippen LogP contribution >= 0.6 is 0 Å². The summed E-state index contributed by atoms with van der Waals surface area (Å²) in [6, 6.07) is 0. The van der Waals surface area contributed by atoms with E-state index in [1.54, 1.807) is 0 Å². The molecular weight excluding hydrogens is 142 g/mol. The number of ether oxygens (including phenoxy) is 1. The highest BCUT2D eigenvalue weighted by molar-refractivity contribution is 4.75. The van der Waals surface area contributed by atoms with Crippen LogP contribution in [0.3, 0.4) is 0 Å². The average Bonchev–Trinajstić information content (AvgIpc) is 1.99. The van der Waals surface area contributed by atoms with E-state index in [9.17, 15) is 0 Å². The van der Waals surface area contributed by atoms with Crippen LogP contribution in [-0.4, -0.2) is 30.5 Å². The fraction of sp³-hybridized carbons (Fsp3) is 1.00. The first-order valence-corrected chi connectivity index (χ1v) is 4.10. The van der Waals surface area contributed by atoms with Crippen molar-refractivity contribution >= 4 is 0 Å². The lowest BCUT2D eigenvalue weighted by atomic mass is 10.0. The Morgan fingerprint density at radius 2 is 2.18 bits per heavy atom. The van der Waals surface area contributed by atoms with Crippen molar-refractivity contribution in [3.05, 3.63) is 0 Å². The van der Waals surface area contributed by atoms with Crippen LogP contribution in [-0.2, 0) is 4.74 Å². The molecule has 68 valence electrons. The van der Waals surface area contributed by atoms with E-state index in [-0.39, 0.29) is 12.1 Å². The van der Waals surface area contributed by atoms with E-state index in [1.807, 2.05) is 13.8 Å². The van der Waals surface area contributed by atoms with Crippen molar-refractivity contribution in [2.75, 3.05) is 19.8 Å². The Morgan fingerprint density at radius 3 is 2.64 bits per heavy atom. The zero-order valence-electron chi connectivity index (χ0n) is 7.47. The normalized spacial score (nSPS) is 16.4. The summed E-state index contributed by atoms with van der Waals surface area (Å²) in [5, 5.41) is 8.44. The summed E-state index contributed by atoms with van der Waals surface area (Å²) >= 11 is 0. The molecule has 0 aliphatic rings. The van der Waals surface area contributed by atoms with Crippen molar-refractivity contribution in [2.45, 2.75) is 32.2 Å². The van der Waals surface area contributed by atoms with Gasteiger partial charge < -0.3 is 15.6 Å². The summed E-state index contributed by atoms with van der Waals surface area (Å²) in [7, 11) is 0. The molecule has 0 amide bonds. The quantitative estimate of drug-likeness (QED) is 0.558. The van der Waals surface area contributed by atoms with Gasteiger partial charge in [0.25, 0.3) is 0 Å². The lowest BCUT2D eigenvalue weighted by Crippen LogP contribution is -2.40. The highest BCUT2D eigenvalue weighted by atomic mass is 16.5. The van der Waals surface area contributed by atoms with Gasteiger partial charge in [0.1, 0.15) is 0 Å². The van der Waals surface area contributed by atoms with Crippen LogP contribution in [0.2, 0.25) is 0 Å². The number of hydrogen-bond acceptors (Lipinski definition) is 3. The second kappa shape index (κ2) is 5.52. The number of aliphatic hydroxyl groups is 1. The predicted molar refractivity (Wildman–Crippen MR) is 45.4 cm³/mol. The third-order valence-electron chi connectivity index (χ3n) is 1.69. The van der Waals surface area contributed by atoms with Gasteiger partial charge in [0.15, 0.2) is 0 Å². The maximum Gasteiger partial charge on any atom is 0.0643 e. The molecule has 0 aliphatic heterocycles. The second-order valence-corrected chi connectivity index (χ2v) is 3.14. The Bertz CT molecular complexity index is 94.1. The van der Waals surface area contributed by atoms with Gasteiger partial charge in [-0.2, -0.15) is 0 Å². The molecule has 0 fully saturated rings. The van der Waals surface area contributed by atoms with Gasteiger partial charge in [-0.3, -0.25) is 0 Å². The molecule has 0 heterocycles. The lowest BCUT2D eigenvalue weighted by Gasteiger charge is -2.22. The number of nitrogens with two attached hydrogens (primary N) is 1. The van der Waals surface area contributed by atoms with Crippen LogP contribution in [0.25, 0.3) is 0 Å². The summed E-state index contributed by atoms with van der Waals surface area (Å²) < 4.78 is 5.24. The topological polar surface area (TPSA) is 55.5 Å². The first-order chi connectivity index (χ1) is 5.12. The monoisotopic (exact) mass is 161 g/mol. The molecule has 0 spiro atoms. The maximum absolute atomic E-state index is 8.44. The molecule has 3 heteroatoms. The van der Waals surface area contributed by atoms with Crippen molar-refractivity contribution in [1.29, 1.82) is 0 Å². The summed E-state index contributed by atoms with van der Waals surface area (Å²) in [5.41, 5.74) is 5.60. The highest BCUT2D eigenvalue weighted by Crippen LogP contribution is 2.04. The third-order valence-corrected chi connectivity index (χ3v) is 1.69. The molecule has 0 radical (unpaired) electrons. The molecule has 0 aromatic carbocycles. The van der Waals surface area contributed by atoms with Crippen molar-refractivity contribution in [3.8, 4) is 0 Å². The molecule has 1 unspecified atom stereocenters. The first kappa shape index (κ1) is 10.9. The lowest BCUT2D eigenvalue weighted by molar-refractivity contribution is 0.0781. The van der Waals surface area contributed by atoms with Crippen molar-refractivity contribution in [2.24, 2.45) is 5.73 Å². The van der Waals surface area contributed by atoms with Crippen molar-refractivity contribution in [1.82, 2.24) is 0 Å². The molecule has 0 aromatic heterocycles.